The molecule has 150 valence electrons. The van der Waals surface area contributed by atoms with Crippen molar-refractivity contribution in [2.24, 2.45) is 0 Å². The second-order valence-electron chi connectivity index (χ2n) is 6.80. The topological polar surface area (TPSA) is 111 Å². The van der Waals surface area contributed by atoms with Gasteiger partial charge in [0.15, 0.2) is 5.58 Å². The number of nitro benzene ring substituents is 1. The van der Waals surface area contributed by atoms with E-state index in [1.165, 1.54) is 22.8 Å². The van der Waals surface area contributed by atoms with Crippen LogP contribution in [0.2, 0.25) is 0 Å². The normalized spacial score (nSPS) is 13.1. The first-order valence-corrected chi connectivity index (χ1v) is 8.87. The summed E-state index contributed by atoms with van der Waals surface area (Å²) in [6.07, 6.45) is 0. The molecule has 2 aromatic carbocycles. The SMILES string of the molecule is CN(C)c1ccc2c(c1)OCCN2C(=O)Cn1c(=O)oc2cc([N+](=O)[O-])ccc21. The number of fused-ring (bicyclic) bond motifs is 2. The molecule has 0 saturated heterocycles. The Labute approximate surface area is 164 Å². The molecule has 10 heteroatoms. The number of hydrogen-bond donors (Lipinski definition) is 0. The summed E-state index contributed by atoms with van der Waals surface area (Å²) in [7, 11) is 3.82. The second kappa shape index (κ2) is 6.97. The Morgan fingerprint density at radius 1 is 1.24 bits per heavy atom. The maximum atomic E-state index is 13.0. The van der Waals surface area contributed by atoms with E-state index in [1.807, 2.05) is 31.1 Å². The van der Waals surface area contributed by atoms with Gasteiger partial charge in [0.25, 0.3) is 5.69 Å². The molecule has 4 rings (SSSR count). The molecule has 0 saturated carbocycles. The fraction of sp³-hybridized carbons (Fsp3) is 0.263. The lowest BCUT2D eigenvalue weighted by atomic mass is 10.2. The molecule has 1 amide bonds. The predicted molar refractivity (Wildman–Crippen MR) is 106 cm³/mol. The number of non-ortho nitro benzene ring substituents is 1. The molecule has 0 aliphatic carbocycles. The van der Waals surface area contributed by atoms with E-state index >= 15 is 0 Å². The lowest BCUT2D eigenvalue weighted by Gasteiger charge is -2.30. The molecule has 0 fully saturated rings. The third kappa shape index (κ3) is 3.28. The van der Waals surface area contributed by atoms with Crippen LogP contribution in [0.15, 0.2) is 45.6 Å². The number of hydrogen-bond acceptors (Lipinski definition) is 7. The maximum Gasteiger partial charge on any atom is 0.420 e. The largest absolute Gasteiger partial charge is 0.489 e. The zero-order valence-corrected chi connectivity index (χ0v) is 15.8. The van der Waals surface area contributed by atoms with Crippen molar-refractivity contribution in [3.63, 3.8) is 0 Å². The molecule has 1 aromatic heterocycles. The molecule has 3 aromatic rings. The van der Waals surface area contributed by atoms with Gasteiger partial charge in [-0.2, -0.15) is 0 Å². The van der Waals surface area contributed by atoms with Crippen molar-refractivity contribution < 1.29 is 18.9 Å². The minimum atomic E-state index is -0.745. The Kier molecular flexibility index (Phi) is 4.45. The minimum Gasteiger partial charge on any atom is -0.489 e. The molecule has 2 heterocycles. The molecule has 0 spiro atoms. The first-order valence-electron chi connectivity index (χ1n) is 8.87. The van der Waals surface area contributed by atoms with Gasteiger partial charge in [0.1, 0.15) is 18.9 Å². The van der Waals surface area contributed by atoms with Gasteiger partial charge in [-0.15, -0.1) is 0 Å². The summed E-state index contributed by atoms with van der Waals surface area (Å²) in [6.45, 7) is 0.435. The van der Waals surface area contributed by atoms with Gasteiger partial charge in [0.05, 0.1) is 28.7 Å². The molecule has 29 heavy (non-hydrogen) atoms. The summed E-state index contributed by atoms with van der Waals surface area (Å²) >= 11 is 0. The van der Waals surface area contributed by atoms with Crippen molar-refractivity contribution in [1.29, 1.82) is 0 Å². The van der Waals surface area contributed by atoms with Gasteiger partial charge in [-0.3, -0.25) is 19.5 Å². The van der Waals surface area contributed by atoms with Crippen LogP contribution >= 0.6 is 0 Å². The van der Waals surface area contributed by atoms with Crippen molar-refractivity contribution >= 4 is 34.1 Å². The number of nitrogens with zero attached hydrogens (tertiary/aromatic N) is 4. The van der Waals surface area contributed by atoms with E-state index in [1.54, 1.807) is 11.0 Å². The molecule has 0 unspecified atom stereocenters. The van der Waals surface area contributed by atoms with Crippen molar-refractivity contribution in [2.75, 3.05) is 37.0 Å². The minimum absolute atomic E-state index is 0.0648. The summed E-state index contributed by atoms with van der Waals surface area (Å²) in [5, 5.41) is 10.9. The molecule has 0 atom stereocenters. The fourth-order valence-electron chi connectivity index (χ4n) is 3.28. The Balaban J connectivity index is 1.65. The number of benzene rings is 2. The number of carbonyl (C=O) groups excluding carboxylic acids is 1. The van der Waals surface area contributed by atoms with Crippen LogP contribution in [0.5, 0.6) is 5.75 Å². The van der Waals surface area contributed by atoms with Gasteiger partial charge in [-0.25, -0.2) is 4.79 Å². The number of oxazole rings is 1. The average Bonchev–Trinajstić information content (AvgIpc) is 3.01. The van der Waals surface area contributed by atoms with Gasteiger partial charge in [0.2, 0.25) is 5.91 Å². The van der Waals surface area contributed by atoms with Gasteiger partial charge in [-0.05, 0) is 18.2 Å². The number of nitro groups is 1. The van der Waals surface area contributed by atoms with Crippen LogP contribution in [0.4, 0.5) is 17.1 Å². The van der Waals surface area contributed by atoms with E-state index in [0.717, 1.165) is 5.69 Å². The van der Waals surface area contributed by atoms with E-state index in [2.05, 4.69) is 0 Å². The highest BCUT2D eigenvalue weighted by Crippen LogP contribution is 2.35. The van der Waals surface area contributed by atoms with E-state index in [4.69, 9.17) is 9.15 Å². The van der Waals surface area contributed by atoms with Gasteiger partial charge in [-0.1, -0.05) is 0 Å². The van der Waals surface area contributed by atoms with Crippen LogP contribution in [0.1, 0.15) is 0 Å². The zero-order chi connectivity index (χ0) is 20.7. The number of amides is 1. The number of aromatic nitrogens is 1. The highest BCUT2D eigenvalue weighted by molar-refractivity contribution is 5.96. The number of ether oxygens (including phenoxy) is 1. The van der Waals surface area contributed by atoms with E-state index in [9.17, 15) is 19.7 Å². The Bertz CT molecular complexity index is 1180. The lowest BCUT2D eigenvalue weighted by Crippen LogP contribution is -2.41. The molecule has 1 aliphatic heterocycles. The fourth-order valence-corrected chi connectivity index (χ4v) is 3.28. The molecule has 10 nitrogen and oxygen atoms in total. The Hall–Kier alpha value is -3.82. The maximum absolute atomic E-state index is 13.0. The van der Waals surface area contributed by atoms with Gasteiger partial charge >= 0.3 is 5.76 Å². The number of carbonyl (C=O) groups is 1. The zero-order valence-electron chi connectivity index (χ0n) is 15.8. The standard InChI is InChI=1S/C19H18N4O6/c1-20(2)12-3-5-14-16(9-12)28-8-7-21(14)18(24)11-22-15-6-4-13(23(26)27)10-17(15)29-19(22)25/h3-6,9-10H,7-8,11H2,1-2H3. The third-order valence-electron chi connectivity index (χ3n) is 4.78. The van der Waals surface area contributed by atoms with E-state index < -0.39 is 10.7 Å². The molecule has 1 aliphatic rings. The number of rotatable bonds is 4. The summed E-state index contributed by atoms with van der Waals surface area (Å²) in [4.78, 5) is 39.0. The lowest BCUT2D eigenvalue weighted by molar-refractivity contribution is -0.384. The van der Waals surface area contributed by atoms with Crippen molar-refractivity contribution in [1.82, 2.24) is 4.57 Å². The number of anilines is 2. The highest BCUT2D eigenvalue weighted by atomic mass is 16.6. The molecular weight excluding hydrogens is 380 g/mol. The van der Waals surface area contributed by atoms with Crippen LogP contribution in [-0.4, -0.2) is 42.6 Å². The van der Waals surface area contributed by atoms with E-state index in [0.29, 0.717) is 30.1 Å². The predicted octanol–water partition coefficient (Wildman–Crippen LogP) is 1.99. The monoisotopic (exact) mass is 398 g/mol. The summed E-state index contributed by atoms with van der Waals surface area (Å²) in [6, 6.07) is 9.39. The summed E-state index contributed by atoms with van der Waals surface area (Å²) < 4.78 is 12.0. The Morgan fingerprint density at radius 2 is 2.03 bits per heavy atom. The average molecular weight is 398 g/mol. The first-order chi connectivity index (χ1) is 13.8. The summed E-state index contributed by atoms with van der Waals surface area (Å²) in [5.74, 6) is -0.462. The van der Waals surface area contributed by atoms with E-state index in [-0.39, 0.29) is 23.7 Å². The quantitative estimate of drug-likeness (QED) is 0.488. The first kappa shape index (κ1) is 18.5. The van der Waals surface area contributed by atoms with Gasteiger partial charge in [0, 0.05) is 31.9 Å². The smallest absolute Gasteiger partial charge is 0.420 e. The molecule has 0 radical (unpaired) electrons. The van der Waals surface area contributed by atoms with Crippen LogP contribution < -0.4 is 20.3 Å². The van der Waals surface area contributed by atoms with Gasteiger partial charge < -0.3 is 19.0 Å². The van der Waals surface area contributed by atoms with Crippen molar-refractivity contribution in [3.05, 3.63) is 57.1 Å². The highest BCUT2D eigenvalue weighted by Gasteiger charge is 2.26. The molecule has 0 bridgehead atoms. The van der Waals surface area contributed by atoms with Crippen LogP contribution in [0.25, 0.3) is 11.1 Å². The summed E-state index contributed by atoms with van der Waals surface area (Å²) in [5.41, 5.74) is 1.77. The molecule has 0 N–H and O–H groups in total. The van der Waals surface area contributed by atoms with Crippen molar-refractivity contribution in [2.45, 2.75) is 6.54 Å². The second-order valence-corrected chi connectivity index (χ2v) is 6.80. The van der Waals surface area contributed by atoms with Crippen LogP contribution in [-0.2, 0) is 11.3 Å². The van der Waals surface area contributed by atoms with Crippen LogP contribution in [0, 0.1) is 10.1 Å². The Morgan fingerprint density at radius 3 is 2.76 bits per heavy atom. The van der Waals surface area contributed by atoms with Crippen molar-refractivity contribution in [3.8, 4) is 5.75 Å². The third-order valence-corrected chi connectivity index (χ3v) is 4.78. The van der Waals surface area contributed by atoms with Crippen LogP contribution in [0.3, 0.4) is 0 Å². The molecular formula is C19H18N4O6.